The van der Waals surface area contributed by atoms with E-state index < -0.39 is 16.6 Å². The van der Waals surface area contributed by atoms with Crippen LogP contribution in [-0.4, -0.2) is 28.8 Å². The Kier molecular flexibility index (Phi) is 9.26. The molecule has 5 heteroatoms. The van der Waals surface area contributed by atoms with Crippen LogP contribution >= 0.6 is 0 Å². The van der Waals surface area contributed by atoms with Crippen LogP contribution in [0.2, 0.25) is 36.3 Å². The SMILES string of the molecule is C#CC[C@H](O[Si](C)(C)C(C)(C)C)[C@H](CC#N)[C@@H](C=C)O[Si](C)(C)C(C)(C)C. The normalized spacial score (nSPS) is 16.7. The van der Waals surface area contributed by atoms with Gasteiger partial charge in [-0.2, -0.15) is 5.26 Å². The minimum atomic E-state index is -2.03. The third-order valence-corrected chi connectivity index (χ3v) is 15.2. The molecule has 0 saturated heterocycles. The average molecular weight is 408 g/mol. The van der Waals surface area contributed by atoms with Crippen LogP contribution in [0.5, 0.6) is 0 Å². The first-order chi connectivity index (χ1) is 12.0. The van der Waals surface area contributed by atoms with Crippen molar-refractivity contribution in [3.63, 3.8) is 0 Å². The van der Waals surface area contributed by atoms with Crippen LogP contribution in [-0.2, 0) is 8.85 Å². The lowest BCUT2D eigenvalue weighted by atomic mass is 9.91. The molecular weight excluding hydrogens is 366 g/mol. The van der Waals surface area contributed by atoms with Crippen LogP contribution in [0.25, 0.3) is 0 Å². The Balaban J connectivity index is 5.87. The molecule has 0 aromatic heterocycles. The van der Waals surface area contributed by atoms with Gasteiger partial charge in [0.15, 0.2) is 16.6 Å². The molecule has 0 aromatic carbocycles. The summed E-state index contributed by atoms with van der Waals surface area (Å²) in [5, 5.41) is 9.64. The fourth-order valence-corrected chi connectivity index (χ4v) is 5.02. The van der Waals surface area contributed by atoms with E-state index in [1.165, 1.54) is 0 Å². The molecule has 27 heavy (non-hydrogen) atoms. The number of rotatable bonds is 9. The summed E-state index contributed by atoms with van der Waals surface area (Å²) in [6, 6.07) is 2.32. The molecule has 3 nitrogen and oxygen atoms in total. The molecule has 0 aromatic rings. The first kappa shape index (κ1) is 26.1. The van der Waals surface area contributed by atoms with Crippen LogP contribution in [0.3, 0.4) is 0 Å². The third kappa shape index (κ3) is 7.24. The third-order valence-electron chi connectivity index (χ3n) is 6.27. The Hall–Kier alpha value is -0.856. The zero-order valence-electron chi connectivity index (χ0n) is 19.3. The van der Waals surface area contributed by atoms with Crippen molar-refractivity contribution in [3.8, 4) is 18.4 Å². The summed E-state index contributed by atoms with van der Waals surface area (Å²) in [7, 11) is -4.06. The van der Waals surface area contributed by atoms with Gasteiger partial charge in [-0.1, -0.05) is 47.6 Å². The second-order valence-electron chi connectivity index (χ2n) is 10.4. The smallest absolute Gasteiger partial charge is 0.192 e. The highest BCUT2D eigenvalue weighted by atomic mass is 28.4. The van der Waals surface area contributed by atoms with E-state index in [1.54, 1.807) is 0 Å². The van der Waals surface area contributed by atoms with Gasteiger partial charge in [-0.25, -0.2) is 0 Å². The Morgan fingerprint density at radius 2 is 1.41 bits per heavy atom. The molecule has 0 radical (unpaired) electrons. The van der Waals surface area contributed by atoms with Crippen molar-refractivity contribution in [3.05, 3.63) is 12.7 Å². The highest BCUT2D eigenvalue weighted by Gasteiger charge is 2.44. The average Bonchev–Trinajstić information content (AvgIpc) is 2.47. The Labute approximate surface area is 170 Å². The minimum Gasteiger partial charge on any atom is -0.413 e. The van der Waals surface area contributed by atoms with Crippen molar-refractivity contribution < 1.29 is 8.85 Å². The van der Waals surface area contributed by atoms with E-state index in [0.717, 1.165) is 0 Å². The first-order valence-corrected chi connectivity index (χ1v) is 15.6. The number of nitriles is 1. The summed E-state index contributed by atoms with van der Waals surface area (Å²) >= 11 is 0. The van der Waals surface area contributed by atoms with Crippen LogP contribution < -0.4 is 0 Å². The van der Waals surface area contributed by atoms with Crippen molar-refractivity contribution in [1.29, 1.82) is 5.26 Å². The number of hydrogen-bond donors (Lipinski definition) is 0. The first-order valence-electron chi connectivity index (χ1n) is 9.82. The molecule has 0 rings (SSSR count). The van der Waals surface area contributed by atoms with Gasteiger partial charge < -0.3 is 8.85 Å². The lowest BCUT2D eigenvalue weighted by molar-refractivity contribution is 0.0528. The maximum absolute atomic E-state index is 9.49. The van der Waals surface area contributed by atoms with Crippen molar-refractivity contribution in [2.45, 2.75) is 103 Å². The molecule has 0 unspecified atom stereocenters. The molecule has 0 aliphatic heterocycles. The fraction of sp³-hybridized carbons (Fsp3) is 0.773. The molecule has 0 spiro atoms. The molecule has 0 N–H and O–H groups in total. The Bertz CT molecular complexity index is 571. The van der Waals surface area contributed by atoms with E-state index in [0.29, 0.717) is 12.8 Å². The van der Waals surface area contributed by atoms with Crippen LogP contribution in [0.4, 0.5) is 0 Å². The molecule has 0 aliphatic rings. The van der Waals surface area contributed by atoms with Gasteiger partial charge in [-0.3, -0.25) is 0 Å². The van der Waals surface area contributed by atoms with Gasteiger partial charge in [0.05, 0.1) is 18.3 Å². The minimum absolute atomic E-state index is 0.0704. The molecule has 0 bridgehead atoms. The number of hydrogen-bond acceptors (Lipinski definition) is 3. The molecule has 0 fully saturated rings. The van der Waals surface area contributed by atoms with Gasteiger partial charge in [0.2, 0.25) is 0 Å². The molecule has 3 atom stereocenters. The monoisotopic (exact) mass is 407 g/mol. The van der Waals surface area contributed by atoms with Gasteiger partial charge in [0.1, 0.15) is 0 Å². The van der Waals surface area contributed by atoms with Crippen molar-refractivity contribution >= 4 is 16.6 Å². The maximum Gasteiger partial charge on any atom is 0.192 e. The second-order valence-corrected chi connectivity index (χ2v) is 19.9. The largest absolute Gasteiger partial charge is 0.413 e. The fourth-order valence-electron chi connectivity index (χ4n) is 2.34. The van der Waals surface area contributed by atoms with Crippen LogP contribution in [0, 0.1) is 29.6 Å². The van der Waals surface area contributed by atoms with Crippen LogP contribution in [0.1, 0.15) is 54.4 Å². The van der Waals surface area contributed by atoms with E-state index in [4.69, 9.17) is 15.3 Å². The van der Waals surface area contributed by atoms with E-state index in [1.807, 2.05) is 6.08 Å². The standard InChI is InChI=1S/C22H41NO2Si2/c1-13-15-20(25-27(11,12)22(6,7)8)18(16-17-23)19(14-2)24-26(9,10)21(3,4)5/h1,14,18-20H,2,15-16H2,3-12H3/t18-,19-,20+/m1/s1. The van der Waals surface area contributed by atoms with E-state index in [2.05, 4.69) is 86.3 Å². The van der Waals surface area contributed by atoms with Gasteiger partial charge in [-0.05, 0) is 36.3 Å². The number of nitrogens with zero attached hydrogens (tertiary/aromatic N) is 1. The second kappa shape index (κ2) is 9.57. The molecule has 0 aliphatic carbocycles. The summed E-state index contributed by atoms with van der Waals surface area (Å²) in [5.74, 6) is 2.64. The lowest BCUT2D eigenvalue weighted by Gasteiger charge is -2.44. The lowest BCUT2D eigenvalue weighted by Crippen LogP contribution is -2.50. The summed E-state index contributed by atoms with van der Waals surface area (Å²) < 4.78 is 13.3. The van der Waals surface area contributed by atoms with Gasteiger partial charge in [-0.15, -0.1) is 18.9 Å². The van der Waals surface area contributed by atoms with Gasteiger partial charge in [0, 0.05) is 18.8 Å². The topological polar surface area (TPSA) is 42.2 Å². The summed E-state index contributed by atoms with van der Waals surface area (Å²) in [6.45, 7) is 26.2. The Morgan fingerprint density at radius 3 is 1.74 bits per heavy atom. The summed E-state index contributed by atoms with van der Waals surface area (Å²) in [6.07, 6.45) is 7.88. The zero-order chi connectivity index (χ0) is 21.7. The van der Waals surface area contributed by atoms with Crippen LogP contribution in [0.15, 0.2) is 12.7 Å². The summed E-state index contributed by atoms with van der Waals surface area (Å²) in [5.41, 5.74) is 0. The molecular formula is C22H41NO2Si2. The predicted molar refractivity (Wildman–Crippen MR) is 122 cm³/mol. The molecule has 0 heterocycles. The predicted octanol–water partition coefficient (Wildman–Crippen LogP) is 6.51. The van der Waals surface area contributed by atoms with Crippen molar-refractivity contribution in [2.24, 2.45) is 5.92 Å². The van der Waals surface area contributed by atoms with E-state index >= 15 is 0 Å². The highest BCUT2D eigenvalue weighted by Crippen LogP contribution is 2.41. The van der Waals surface area contributed by atoms with E-state index in [9.17, 15) is 5.26 Å². The highest BCUT2D eigenvalue weighted by molar-refractivity contribution is 6.74. The molecule has 154 valence electrons. The maximum atomic E-state index is 9.49. The van der Waals surface area contributed by atoms with Gasteiger partial charge >= 0.3 is 0 Å². The Morgan fingerprint density at radius 1 is 0.963 bits per heavy atom. The molecule has 0 amide bonds. The van der Waals surface area contributed by atoms with Crippen molar-refractivity contribution in [2.75, 3.05) is 0 Å². The quantitative estimate of drug-likeness (QED) is 0.249. The van der Waals surface area contributed by atoms with Crippen molar-refractivity contribution in [1.82, 2.24) is 0 Å². The summed E-state index contributed by atoms with van der Waals surface area (Å²) in [4.78, 5) is 0. The van der Waals surface area contributed by atoms with E-state index in [-0.39, 0.29) is 28.2 Å². The number of terminal acetylenes is 1. The van der Waals surface area contributed by atoms with Gasteiger partial charge in [0.25, 0.3) is 0 Å². The molecule has 0 saturated carbocycles. The zero-order valence-corrected chi connectivity index (χ0v) is 21.3.